The summed E-state index contributed by atoms with van der Waals surface area (Å²) in [6, 6.07) is 5.79. The molecule has 0 aliphatic carbocycles. The lowest BCUT2D eigenvalue weighted by Crippen LogP contribution is -1.96. The first-order chi connectivity index (χ1) is 7.29. The topological polar surface area (TPSA) is 39.2 Å². The van der Waals surface area contributed by atoms with Crippen molar-refractivity contribution in [3.8, 4) is 0 Å². The van der Waals surface area contributed by atoms with E-state index in [9.17, 15) is 4.79 Å². The number of carbonyl (C=O) groups excluding carboxylic acids is 1. The van der Waals surface area contributed by atoms with Crippen molar-refractivity contribution < 1.29 is 9.53 Å². The summed E-state index contributed by atoms with van der Waals surface area (Å²) >= 11 is 5.00. The molecule has 0 radical (unpaired) electrons. The molecule has 0 spiro atoms. The number of carbonyl (C=O) groups is 1. The fourth-order valence-electron chi connectivity index (χ4n) is 0.769. The zero-order chi connectivity index (χ0) is 10.9. The number of ether oxygens (including phenoxy) is 1. The number of aromatic nitrogens is 1. The molecule has 1 rings (SSSR count). The smallest absolute Gasteiger partial charge is 0.403 e. The molecule has 0 saturated heterocycles. The van der Waals surface area contributed by atoms with Crippen LogP contribution in [-0.4, -0.2) is 22.8 Å². The Bertz CT molecular complexity index is 297. The zero-order valence-electron chi connectivity index (χ0n) is 7.89. The molecule has 0 saturated carbocycles. The average molecular weight is 264 g/mol. The maximum absolute atomic E-state index is 10.2. The number of hydrogen-bond donors (Lipinski definition) is 0. The van der Waals surface area contributed by atoms with Crippen LogP contribution in [0.15, 0.2) is 29.4 Å². The van der Waals surface area contributed by atoms with Crippen LogP contribution >= 0.6 is 33.2 Å². The Balaban J connectivity index is 2.00. The molecule has 0 aliphatic heterocycles. The second-order valence-corrected chi connectivity index (χ2v) is 5.26. The summed E-state index contributed by atoms with van der Waals surface area (Å²) in [4.78, 5) is 14.4. The summed E-state index contributed by atoms with van der Waals surface area (Å²) in [5, 5.41) is 0.983. The predicted molar refractivity (Wildman–Crippen MR) is 64.4 cm³/mol. The maximum Gasteiger partial charge on any atom is 0.403 e. The van der Waals surface area contributed by atoms with Crippen molar-refractivity contribution in [2.45, 2.75) is 11.4 Å². The highest BCUT2D eigenvalue weighted by molar-refractivity contribution is 8.76. The molecule has 3 nitrogen and oxygen atoms in total. The molecular formula is C9H10ClNO2S2. The lowest BCUT2D eigenvalue weighted by Gasteiger charge is -2.00. The van der Waals surface area contributed by atoms with E-state index in [2.05, 4.69) is 9.72 Å². The van der Waals surface area contributed by atoms with Crippen LogP contribution in [0.3, 0.4) is 0 Å². The number of rotatable bonds is 6. The number of pyridine rings is 1. The van der Waals surface area contributed by atoms with Gasteiger partial charge in [-0.2, -0.15) is 0 Å². The Morgan fingerprint density at radius 1 is 1.53 bits per heavy atom. The van der Waals surface area contributed by atoms with Gasteiger partial charge >= 0.3 is 5.43 Å². The van der Waals surface area contributed by atoms with E-state index in [1.54, 1.807) is 27.8 Å². The molecule has 0 fully saturated rings. The number of halogens is 1. The fraction of sp³-hybridized carbons (Fsp3) is 0.333. The van der Waals surface area contributed by atoms with E-state index in [-0.39, 0.29) is 0 Å². The molecule has 0 unspecified atom stereocenters. The normalized spacial score (nSPS) is 9.93. The Morgan fingerprint density at radius 2 is 2.40 bits per heavy atom. The van der Waals surface area contributed by atoms with Crippen molar-refractivity contribution in [1.82, 2.24) is 4.98 Å². The minimum Gasteiger partial charge on any atom is -0.454 e. The van der Waals surface area contributed by atoms with E-state index < -0.39 is 5.43 Å². The zero-order valence-corrected chi connectivity index (χ0v) is 10.3. The third-order valence-electron chi connectivity index (χ3n) is 1.37. The first kappa shape index (κ1) is 12.7. The lowest BCUT2D eigenvalue weighted by atomic mass is 10.5. The number of hydrogen-bond acceptors (Lipinski definition) is 5. The average Bonchev–Trinajstić information content (AvgIpc) is 2.24. The predicted octanol–water partition coefficient (Wildman–Crippen LogP) is 3.59. The summed E-state index contributed by atoms with van der Waals surface area (Å²) in [6.07, 6.45) is 2.56. The molecule has 15 heavy (non-hydrogen) atoms. The van der Waals surface area contributed by atoms with Gasteiger partial charge in [-0.3, -0.25) is 0 Å². The van der Waals surface area contributed by atoms with Gasteiger partial charge in [0.2, 0.25) is 0 Å². The molecule has 1 aromatic rings. The lowest BCUT2D eigenvalue weighted by molar-refractivity contribution is 0.174. The Morgan fingerprint density at radius 3 is 3.07 bits per heavy atom. The van der Waals surface area contributed by atoms with Crippen LogP contribution < -0.4 is 0 Å². The van der Waals surface area contributed by atoms with Gasteiger partial charge in [-0.1, -0.05) is 16.9 Å². The molecule has 1 aromatic heterocycles. The molecule has 6 heteroatoms. The van der Waals surface area contributed by atoms with Gasteiger partial charge in [0, 0.05) is 23.6 Å². The molecule has 0 atom stereocenters. The third kappa shape index (κ3) is 6.65. The third-order valence-corrected chi connectivity index (χ3v) is 3.83. The van der Waals surface area contributed by atoms with Crippen LogP contribution in [-0.2, 0) is 4.74 Å². The van der Waals surface area contributed by atoms with Gasteiger partial charge in [-0.15, -0.1) is 0 Å². The quantitative estimate of drug-likeness (QED) is 0.446. The SMILES string of the molecule is O=C(Cl)OCCCSSc1ccccn1. The fourth-order valence-corrected chi connectivity index (χ4v) is 2.79. The largest absolute Gasteiger partial charge is 0.454 e. The minimum absolute atomic E-state index is 0.373. The molecule has 0 amide bonds. The molecular weight excluding hydrogens is 254 g/mol. The minimum atomic E-state index is -0.739. The Labute approximate surface area is 101 Å². The van der Waals surface area contributed by atoms with Crippen LogP contribution in [0.25, 0.3) is 0 Å². The highest BCUT2D eigenvalue weighted by atomic mass is 35.5. The van der Waals surface area contributed by atoms with Crippen LogP contribution in [0.2, 0.25) is 0 Å². The van der Waals surface area contributed by atoms with E-state index in [0.29, 0.717) is 6.61 Å². The van der Waals surface area contributed by atoms with Gasteiger partial charge in [0.1, 0.15) is 5.03 Å². The molecule has 0 aliphatic rings. The van der Waals surface area contributed by atoms with Gasteiger partial charge in [-0.25, -0.2) is 9.78 Å². The standard InChI is InChI=1S/C9H10ClNO2S2/c10-9(12)13-6-3-7-14-15-8-4-1-2-5-11-8/h1-2,4-5H,3,6-7H2. The van der Waals surface area contributed by atoms with Crippen LogP contribution in [0.5, 0.6) is 0 Å². The van der Waals surface area contributed by atoms with Gasteiger partial charge in [0.05, 0.1) is 6.61 Å². The molecule has 0 aromatic carbocycles. The summed E-state index contributed by atoms with van der Waals surface area (Å²) in [5.74, 6) is 0.894. The van der Waals surface area contributed by atoms with Crippen molar-refractivity contribution in [2.75, 3.05) is 12.4 Å². The Hall–Kier alpha value is -0.390. The second-order valence-electron chi connectivity index (χ2n) is 2.51. The van der Waals surface area contributed by atoms with Crippen LogP contribution in [0.1, 0.15) is 6.42 Å². The van der Waals surface area contributed by atoms with Crippen molar-refractivity contribution in [1.29, 1.82) is 0 Å². The van der Waals surface area contributed by atoms with Crippen molar-refractivity contribution in [2.24, 2.45) is 0 Å². The van der Waals surface area contributed by atoms with E-state index in [1.165, 1.54) is 0 Å². The van der Waals surface area contributed by atoms with Gasteiger partial charge in [0.25, 0.3) is 0 Å². The summed E-state index contributed by atoms with van der Waals surface area (Å²) in [6.45, 7) is 0.373. The maximum atomic E-state index is 10.2. The van der Waals surface area contributed by atoms with Crippen molar-refractivity contribution in [3.05, 3.63) is 24.4 Å². The van der Waals surface area contributed by atoms with Crippen molar-refractivity contribution in [3.63, 3.8) is 0 Å². The highest BCUT2D eigenvalue weighted by Gasteiger charge is 1.97. The molecule has 0 N–H and O–H groups in total. The highest BCUT2D eigenvalue weighted by Crippen LogP contribution is 2.29. The molecule has 82 valence electrons. The van der Waals surface area contributed by atoms with E-state index >= 15 is 0 Å². The summed E-state index contributed by atoms with van der Waals surface area (Å²) in [7, 11) is 3.29. The summed E-state index contributed by atoms with van der Waals surface area (Å²) in [5.41, 5.74) is -0.739. The van der Waals surface area contributed by atoms with Crippen molar-refractivity contribution >= 4 is 38.6 Å². The van der Waals surface area contributed by atoms with E-state index in [1.807, 2.05) is 18.2 Å². The van der Waals surface area contributed by atoms with Gasteiger partial charge in [0.15, 0.2) is 0 Å². The first-order valence-corrected chi connectivity index (χ1v) is 7.01. The summed E-state index contributed by atoms with van der Waals surface area (Å²) < 4.78 is 4.58. The Kier molecular flexibility index (Phi) is 6.63. The van der Waals surface area contributed by atoms with Crippen LogP contribution in [0, 0.1) is 0 Å². The van der Waals surface area contributed by atoms with E-state index in [0.717, 1.165) is 17.2 Å². The monoisotopic (exact) mass is 263 g/mol. The first-order valence-electron chi connectivity index (χ1n) is 4.32. The second kappa shape index (κ2) is 7.84. The molecule has 1 heterocycles. The van der Waals surface area contributed by atoms with E-state index in [4.69, 9.17) is 11.6 Å². The van der Waals surface area contributed by atoms with Crippen LogP contribution in [0.4, 0.5) is 4.79 Å². The van der Waals surface area contributed by atoms with Gasteiger partial charge < -0.3 is 4.74 Å². The number of nitrogens with zero attached hydrogens (tertiary/aromatic N) is 1. The molecule has 0 bridgehead atoms. The van der Waals surface area contributed by atoms with Gasteiger partial charge in [-0.05, 0) is 29.3 Å².